The average molecular weight is 270 g/mol. The van der Waals surface area contributed by atoms with E-state index in [4.69, 9.17) is 5.73 Å². The minimum atomic E-state index is -0.413. The Balaban J connectivity index is 2.52. The van der Waals surface area contributed by atoms with Gasteiger partial charge in [0.2, 0.25) is 5.91 Å². The summed E-state index contributed by atoms with van der Waals surface area (Å²) in [6.07, 6.45) is 6.16. The lowest BCUT2D eigenvalue weighted by Crippen LogP contribution is -2.47. The molecule has 0 heterocycles. The number of rotatable bonds is 7. The molecule has 0 aromatic carbocycles. The fourth-order valence-electron chi connectivity index (χ4n) is 3.16. The van der Waals surface area contributed by atoms with Gasteiger partial charge in [-0.15, -0.1) is 0 Å². The largest absolute Gasteiger partial charge is 0.396 e. The number of hydrogen-bond donors (Lipinski definition) is 3. The molecular formula is C15H30N2O2. The van der Waals surface area contributed by atoms with Gasteiger partial charge in [0.25, 0.3) is 0 Å². The summed E-state index contributed by atoms with van der Waals surface area (Å²) in [5.74, 6) is 0.860. The van der Waals surface area contributed by atoms with E-state index < -0.39 is 5.41 Å². The molecule has 0 aromatic heterocycles. The average Bonchev–Trinajstić information content (AvgIpc) is 2.47. The highest BCUT2D eigenvalue weighted by atomic mass is 16.3. The van der Waals surface area contributed by atoms with Crippen LogP contribution in [0.4, 0.5) is 0 Å². The molecule has 0 aliphatic heterocycles. The van der Waals surface area contributed by atoms with Crippen LogP contribution in [0, 0.1) is 17.3 Å². The van der Waals surface area contributed by atoms with Crippen LogP contribution in [0.25, 0.3) is 0 Å². The molecule has 1 rings (SSSR count). The molecule has 4 heteroatoms. The fourth-order valence-corrected chi connectivity index (χ4v) is 3.16. The van der Waals surface area contributed by atoms with E-state index in [0.29, 0.717) is 24.9 Å². The summed E-state index contributed by atoms with van der Waals surface area (Å²) in [5, 5.41) is 12.5. The molecule has 0 aromatic rings. The number of amides is 1. The Hall–Kier alpha value is -0.610. The highest BCUT2D eigenvalue weighted by Crippen LogP contribution is 2.30. The lowest BCUT2D eigenvalue weighted by atomic mass is 9.78. The van der Waals surface area contributed by atoms with Crippen molar-refractivity contribution in [2.75, 3.05) is 19.7 Å². The van der Waals surface area contributed by atoms with Gasteiger partial charge in [-0.2, -0.15) is 0 Å². The Kier molecular flexibility index (Phi) is 6.80. The van der Waals surface area contributed by atoms with E-state index in [0.717, 1.165) is 25.7 Å². The minimum absolute atomic E-state index is 0.0854. The Morgan fingerprint density at radius 3 is 2.32 bits per heavy atom. The summed E-state index contributed by atoms with van der Waals surface area (Å²) >= 11 is 0. The van der Waals surface area contributed by atoms with Crippen LogP contribution >= 0.6 is 0 Å². The number of nitrogens with one attached hydrogen (secondary N) is 1. The van der Waals surface area contributed by atoms with Crippen molar-refractivity contribution < 1.29 is 9.90 Å². The molecule has 1 fully saturated rings. The normalized spacial score (nSPS) is 24.2. The third kappa shape index (κ3) is 3.93. The number of carbonyl (C=O) groups is 1. The molecule has 0 bridgehead atoms. The molecule has 2 atom stereocenters. The van der Waals surface area contributed by atoms with Crippen molar-refractivity contribution in [3.05, 3.63) is 0 Å². The first kappa shape index (κ1) is 16.4. The monoisotopic (exact) mass is 270 g/mol. The van der Waals surface area contributed by atoms with Gasteiger partial charge in [-0.05, 0) is 37.5 Å². The van der Waals surface area contributed by atoms with Crippen LogP contribution in [0.2, 0.25) is 0 Å². The van der Waals surface area contributed by atoms with Gasteiger partial charge in [0.05, 0.1) is 5.41 Å². The van der Waals surface area contributed by atoms with E-state index >= 15 is 0 Å². The molecule has 1 saturated carbocycles. The maximum Gasteiger partial charge on any atom is 0.227 e. The molecule has 2 unspecified atom stereocenters. The van der Waals surface area contributed by atoms with Crippen LogP contribution in [0.3, 0.4) is 0 Å². The van der Waals surface area contributed by atoms with Gasteiger partial charge in [0.1, 0.15) is 0 Å². The van der Waals surface area contributed by atoms with E-state index in [2.05, 4.69) is 5.32 Å². The van der Waals surface area contributed by atoms with Crippen LogP contribution in [-0.2, 0) is 4.79 Å². The molecule has 1 amide bonds. The zero-order valence-corrected chi connectivity index (χ0v) is 12.5. The van der Waals surface area contributed by atoms with E-state index in [1.807, 2.05) is 13.8 Å². The molecule has 4 nitrogen and oxygen atoms in total. The third-order valence-electron chi connectivity index (χ3n) is 5.05. The maximum atomic E-state index is 12.3. The van der Waals surface area contributed by atoms with Crippen molar-refractivity contribution in [1.82, 2.24) is 5.32 Å². The molecule has 112 valence electrons. The van der Waals surface area contributed by atoms with E-state index in [1.165, 1.54) is 12.8 Å². The topological polar surface area (TPSA) is 75.4 Å². The molecule has 1 aliphatic carbocycles. The number of aliphatic hydroxyl groups excluding tert-OH is 1. The van der Waals surface area contributed by atoms with E-state index in [-0.39, 0.29) is 12.5 Å². The smallest absolute Gasteiger partial charge is 0.227 e. The first-order chi connectivity index (χ1) is 9.13. The van der Waals surface area contributed by atoms with Crippen molar-refractivity contribution >= 4 is 5.91 Å². The summed E-state index contributed by atoms with van der Waals surface area (Å²) in [6.45, 7) is 5.37. The van der Waals surface area contributed by atoms with Gasteiger partial charge in [-0.1, -0.05) is 26.7 Å². The van der Waals surface area contributed by atoms with Crippen molar-refractivity contribution in [1.29, 1.82) is 0 Å². The van der Waals surface area contributed by atoms with Gasteiger partial charge in [-0.3, -0.25) is 4.79 Å². The van der Waals surface area contributed by atoms with Crippen LogP contribution < -0.4 is 11.1 Å². The quantitative estimate of drug-likeness (QED) is 0.658. The van der Waals surface area contributed by atoms with Crippen LogP contribution in [0.1, 0.15) is 52.4 Å². The summed E-state index contributed by atoms with van der Waals surface area (Å²) < 4.78 is 0. The molecule has 0 radical (unpaired) electrons. The van der Waals surface area contributed by atoms with Gasteiger partial charge in [0.15, 0.2) is 0 Å². The predicted octanol–water partition coefficient (Wildman–Crippen LogP) is 1.67. The first-order valence-electron chi connectivity index (χ1n) is 7.72. The molecule has 0 saturated heterocycles. The van der Waals surface area contributed by atoms with Crippen molar-refractivity contribution in [3.63, 3.8) is 0 Å². The SMILES string of the molecule is CCC(CC)(CN)C(=O)NCC1CCCCC1CO. The number of hydrogen-bond acceptors (Lipinski definition) is 3. The minimum Gasteiger partial charge on any atom is -0.396 e. The summed E-state index contributed by atoms with van der Waals surface area (Å²) in [5.41, 5.74) is 5.38. The summed E-state index contributed by atoms with van der Waals surface area (Å²) in [7, 11) is 0. The lowest BCUT2D eigenvalue weighted by molar-refractivity contribution is -0.131. The second-order valence-corrected chi connectivity index (χ2v) is 5.89. The Morgan fingerprint density at radius 2 is 1.84 bits per heavy atom. The van der Waals surface area contributed by atoms with Crippen molar-refractivity contribution in [2.24, 2.45) is 23.0 Å². The maximum absolute atomic E-state index is 12.3. The molecule has 4 N–H and O–H groups in total. The van der Waals surface area contributed by atoms with Crippen LogP contribution in [-0.4, -0.2) is 30.7 Å². The van der Waals surface area contributed by atoms with Gasteiger partial charge in [-0.25, -0.2) is 0 Å². The lowest BCUT2D eigenvalue weighted by Gasteiger charge is -2.33. The number of nitrogens with two attached hydrogens (primary N) is 1. The summed E-state index contributed by atoms with van der Waals surface area (Å²) in [6, 6.07) is 0. The summed E-state index contributed by atoms with van der Waals surface area (Å²) in [4.78, 5) is 12.3. The van der Waals surface area contributed by atoms with Crippen LogP contribution in [0.5, 0.6) is 0 Å². The number of carbonyl (C=O) groups excluding carboxylic acids is 1. The third-order valence-corrected chi connectivity index (χ3v) is 5.05. The van der Waals surface area contributed by atoms with Crippen molar-refractivity contribution in [3.8, 4) is 0 Å². The zero-order chi connectivity index (χ0) is 14.3. The van der Waals surface area contributed by atoms with E-state index in [1.54, 1.807) is 0 Å². The molecule has 19 heavy (non-hydrogen) atoms. The predicted molar refractivity (Wildman–Crippen MR) is 77.6 cm³/mol. The standard InChI is InChI=1S/C15H30N2O2/c1-3-15(4-2,11-16)14(19)17-9-12-7-5-6-8-13(12)10-18/h12-13,18H,3-11,16H2,1-2H3,(H,17,19). The highest BCUT2D eigenvalue weighted by Gasteiger charge is 2.34. The zero-order valence-electron chi connectivity index (χ0n) is 12.5. The second-order valence-electron chi connectivity index (χ2n) is 5.89. The first-order valence-corrected chi connectivity index (χ1v) is 7.72. The molecule has 1 aliphatic rings. The molecule has 0 spiro atoms. The Labute approximate surface area is 117 Å². The molecular weight excluding hydrogens is 240 g/mol. The van der Waals surface area contributed by atoms with Gasteiger partial charge in [0, 0.05) is 19.7 Å². The highest BCUT2D eigenvalue weighted by molar-refractivity contribution is 5.82. The van der Waals surface area contributed by atoms with Crippen molar-refractivity contribution in [2.45, 2.75) is 52.4 Å². The van der Waals surface area contributed by atoms with Gasteiger partial charge >= 0.3 is 0 Å². The Morgan fingerprint density at radius 1 is 1.26 bits per heavy atom. The van der Waals surface area contributed by atoms with E-state index in [9.17, 15) is 9.90 Å². The Bertz CT molecular complexity index is 269. The van der Waals surface area contributed by atoms with Crippen LogP contribution in [0.15, 0.2) is 0 Å². The fraction of sp³-hybridized carbons (Fsp3) is 0.933. The number of aliphatic hydroxyl groups is 1. The van der Waals surface area contributed by atoms with Gasteiger partial charge < -0.3 is 16.2 Å². The second kappa shape index (κ2) is 7.85.